The van der Waals surface area contributed by atoms with Crippen LogP contribution in [0.2, 0.25) is 0 Å². The van der Waals surface area contributed by atoms with Crippen LogP contribution in [0.15, 0.2) is 24.3 Å². The van der Waals surface area contributed by atoms with Gasteiger partial charge in [0.2, 0.25) is 5.91 Å². The summed E-state index contributed by atoms with van der Waals surface area (Å²) in [4.78, 5) is 14.0. The van der Waals surface area contributed by atoms with Crippen molar-refractivity contribution in [3.8, 4) is 5.75 Å². The van der Waals surface area contributed by atoms with E-state index in [0.717, 1.165) is 31.5 Å². The fourth-order valence-corrected chi connectivity index (χ4v) is 2.02. The fourth-order valence-electron chi connectivity index (χ4n) is 2.02. The molecule has 0 aliphatic rings. The van der Waals surface area contributed by atoms with Gasteiger partial charge >= 0.3 is 0 Å². The first-order valence-corrected chi connectivity index (χ1v) is 6.73. The van der Waals surface area contributed by atoms with Gasteiger partial charge in [-0.1, -0.05) is 32.0 Å². The maximum atomic E-state index is 12.1. The molecule has 100 valence electrons. The Bertz CT molecular complexity index is 371. The third-order valence-corrected chi connectivity index (χ3v) is 2.94. The molecule has 0 bridgehead atoms. The van der Waals surface area contributed by atoms with Crippen molar-refractivity contribution in [3.63, 3.8) is 0 Å². The molecule has 0 aliphatic carbocycles. The number of para-hydroxylation sites is 1. The van der Waals surface area contributed by atoms with Gasteiger partial charge in [0.15, 0.2) is 0 Å². The van der Waals surface area contributed by atoms with Gasteiger partial charge in [-0.2, -0.15) is 0 Å². The lowest BCUT2D eigenvalue weighted by atomic mass is 10.1. The molecular weight excluding hydrogens is 226 g/mol. The van der Waals surface area contributed by atoms with Crippen LogP contribution in [0.5, 0.6) is 5.75 Å². The molecule has 1 amide bonds. The molecule has 1 aromatic carbocycles. The van der Waals surface area contributed by atoms with E-state index in [-0.39, 0.29) is 11.7 Å². The Balaban J connectivity index is 2.51. The van der Waals surface area contributed by atoms with Crippen LogP contribution in [-0.2, 0) is 11.2 Å². The van der Waals surface area contributed by atoms with Crippen LogP contribution in [0.3, 0.4) is 0 Å². The van der Waals surface area contributed by atoms with Crippen molar-refractivity contribution < 1.29 is 9.90 Å². The molecule has 0 saturated carbocycles. The highest BCUT2D eigenvalue weighted by Crippen LogP contribution is 2.17. The van der Waals surface area contributed by atoms with Crippen molar-refractivity contribution in [2.24, 2.45) is 0 Å². The molecule has 18 heavy (non-hydrogen) atoms. The molecule has 3 nitrogen and oxygen atoms in total. The lowest BCUT2D eigenvalue weighted by Crippen LogP contribution is -2.32. The highest BCUT2D eigenvalue weighted by atomic mass is 16.3. The largest absolute Gasteiger partial charge is 0.508 e. The average molecular weight is 249 g/mol. The number of phenols is 1. The SMILES string of the molecule is CCCN(CCC)C(=O)CCc1ccccc1O. The van der Waals surface area contributed by atoms with Crippen LogP contribution < -0.4 is 0 Å². The Hall–Kier alpha value is -1.51. The zero-order chi connectivity index (χ0) is 13.4. The third-order valence-electron chi connectivity index (χ3n) is 2.94. The second-order valence-corrected chi connectivity index (χ2v) is 4.51. The molecule has 0 aromatic heterocycles. The fraction of sp³-hybridized carbons (Fsp3) is 0.533. The van der Waals surface area contributed by atoms with Crippen LogP contribution in [0.1, 0.15) is 38.7 Å². The van der Waals surface area contributed by atoms with Gasteiger partial charge in [-0.25, -0.2) is 0 Å². The summed E-state index contributed by atoms with van der Waals surface area (Å²) in [6.45, 7) is 5.82. The van der Waals surface area contributed by atoms with E-state index in [1.165, 1.54) is 0 Å². The Morgan fingerprint density at radius 3 is 2.33 bits per heavy atom. The number of amides is 1. The minimum atomic E-state index is 0.182. The van der Waals surface area contributed by atoms with Crippen molar-refractivity contribution in [2.75, 3.05) is 13.1 Å². The molecule has 0 unspecified atom stereocenters. The number of aryl methyl sites for hydroxylation is 1. The summed E-state index contributed by atoms with van der Waals surface area (Å²) in [7, 11) is 0. The Morgan fingerprint density at radius 1 is 1.17 bits per heavy atom. The molecule has 1 aromatic rings. The van der Waals surface area contributed by atoms with E-state index in [1.807, 2.05) is 17.0 Å². The van der Waals surface area contributed by atoms with Gasteiger partial charge in [0.1, 0.15) is 5.75 Å². The van der Waals surface area contributed by atoms with Gasteiger partial charge in [-0.3, -0.25) is 4.79 Å². The minimum Gasteiger partial charge on any atom is -0.508 e. The van der Waals surface area contributed by atoms with Crippen molar-refractivity contribution in [3.05, 3.63) is 29.8 Å². The van der Waals surface area contributed by atoms with E-state index in [9.17, 15) is 9.90 Å². The zero-order valence-electron chi connectivity index (χ0n) is 11.4. The molecule has 0 atom stereocenters. The summed E-state index contributed by atoms with van der Waals surface area (Å²) < 4.78 is 0. The van der Waals surface area contributed by atoms with Gasteiger partial charge < -0.3 is 10.0 Å². The number of hydrogen-bond acceptors (Lipinski definition) is 2. The van der Waals surface area contributed by atoms with Crippen LogP contribution in [0, 0.1) is 0 Å². The summed E-state index contributed by atoms with van der Waals surface area (Å²) in [6, 6.07) is 7.21. The number of nitrogens with zero attached hydrogens (tertiary/aromatic N) is 1. The quantitative estimate of drug-likeness (QED) is 0.807. The Kier molecular flexibility index (Phi) is 6.26. The first kappa shape index (κ1) is 14.6. The lowest BCUT2D eigenvalue weighted by Gasteiger charge is -2.21. The van der Waals surface area contributed by atoms with Crippen LogP contribution >= 0.6 is 0 Å². The lowest BCUT2D eigenvalue weighted by molar-refractivity contribution is -0.131. The number of carbonyl (C=O) groups excluding carboxylic acids is 1. The summed E-state index contributed by atoms with van der Waals surface area (Å²) in [5.41, 5.74) is 0.846. The van der Waals surface area contributed by atoms with Crippen LogP contribution in [0.4, 0.5) is 0 Å². The van der Waals surface area contributed by atoms with Crippen molar-refractivity contribution in [1.29, 1.82) is 0 Å². The third kappa shape index (κ3) is 4.40. The van der Waals surface area contributed by atoms with Crippen LogP contribution in [0.25, 0.3) is 0 Å². The van der Waals surface area contributed by atoms with E-state index in [4.69, 9.17) is 0 Å². The number of carbonyl (C=O) groups is 1. The van der Waals surface area contributed by atoms with E-state index in [1.54, 1.807) is 12.1 Å². The monoisotopic (exact) mass is 249 g/mol. The second kappa shape index (κ2) is 7.75. The van der Waals surface area contributed by atoms with Gasteiger partial charge in [0, 0.05) is 19.5 Å². The van der Waals surface area contributed by atoms with Gasteiger partial charge in [0.25, 0.3) is 0 Å². The standard InChI is InChI=1S/C15H23NO2/c1-3-11-16(12-4-2)15(18)10-9-13-7-5-6-8-14(13)17/h5-8,17H,3-4,9-12H2,1-2H3. The van der Waals surface area contributed by atoms with Crippen molar-refractivity contribution >= 4 is 5.91 Å². The van der Waals surface area contributed by atoms with Crippen molar-refractivity contribution in [2.45, 2.75) is 39.5 Å². The molecular formula is C15H23NO2. The number of benzene rings is 1. The Labute approximate surface area is 109 Å². The van der Waals surface area contributed by atoms with E-state index < -0.39 is 0 Å². The summed E-state index contributed by atoms with van der Waals surface area (Å²) >= 11 is 0. The molecule has 0 saturated heterocycles. The first-order valence-electron chi connectivity index (χ1n) is 6.73. The number of rotatable bonds is 7. The predicted molar refractivity (Wildman–Crippen MR) is 73.6 cm³/mol. The highest BCUT2D eigenvalue weighted by Gasteiger charge is 2.12. The smallest absolute Gasteiger partial charge is 0.222 e. The molecule has 0 aliphatic heterocycles. The van der Waals surface area contributed by atoms with Gasteiger partial charge in [0.05, 0.1) is 0 Å². The molecule has 0 spiro atoms. The summed E-state index contributed by atoms with van der Waals surface area (Å²) in [5, 5.41) is 9.64. The van der Waals surface area contributed by atoms with Gasteiger partial charge in [-0.05, 0) is 30.9 Å². The van der Waals surface area contributed by atoms with Crippen molar-refractivity contribution in [1.82, 2.24) is 4.90 Å². The highest BCUT2D eigenvalue weighted by molar-refractivity contribution is 5.76. The summed E-state index contributed by atoms with van der Waals surface area (Å²) in [5.74, 6) is 0.463. The average Bonchev–Trinajstić information content (AvgIpc) is 2.37. The minimum absolute atomic E-state index is 0.182. The molecule has 0 heterocycles. The topological polar surface area (TPSA) is 40.5 Å². The summed E-state index contributed by atoms with van der Waals surface area (Å²) in [6.07, 6.45) is 3.05. The normalized spacial score (nSPS) is 10.3. The van der Waals surface area contributed by atoms with E-state index >= 15 is 0 Å². The molecule has 1 rings (SSSR count). The first-order chi connectivity index (χ1) is 8.69. The molecule has 3 heteroatoms. The number of phenolic OH excluding ortho intramolecular Hbond substituents is 1. The predicted octanol–water partition coefficient (Wildman–Crippen LogP) is 2.97. The van der Waals surface area contributed by atoms with E-state index in [0.29, 0.717) is 12.8 Å². The second-order valence-electron chi connectivity index (χ2n) is 4.51. The zero-order valence-corrected chi connectivity index (χ0v) is 11.4. The Morgan fingerprint density at radius 2 is 1.78 bits per heavy atom. The molecule has 0 fully saturated rings. The number of hydrogen-bond donors (Lipinski definition) is 1. The van der Waals surface area contributed by atoms with E-state index in [2.05, 4.69) is 13.8 Å². The maximum absolute atomic E-state index is 12.1. The number of aromatic hydroxyl groups is 1. The van der Waals surface area contributed by atoms with Crippen LogP contribution in [-0.4, -0.2) is 29.0 Å². The van der Waals surface area contributed by atoms with Gasteiger partial charge in [-0.15, -0.1) is 0 Å². The molecule has 0 radical (unpaired) electrons. The maximum Gasteiger partial charge on any atom is 0.222 e. The molecule has 1 N–H and O–H groups in total.